The van der Waals surface area contributed by atoms with Crippen molar-refractivity contribution in [3.05, 3.63) is 47.5 Å². The van der Waals surface area contributed by atoms with Crippen LogP contribution in [0.4, 0.5) is 22.0 Å². The summed E-state index contributed by atoms with van der Waals surface area (Å²) >= 11 is 0. The van der Waals surface area contributed by atoms with Gasteiger partial charge in [-0.3, -0.25) is 0 Å². The van der Waals surface area contributed by atoms with E-state index in [4.69, 9.17) is 5.73 Å². The molecule has 2 unspecified atom stereocenters. The van der Waals surface area contributed by atoms with Crippen LogP contribution in [0.5, 0.6) is 0 Å². The Kier molecular flexibility index (Phi) is 9.72. The summed E-state index contributed by atoms with van der Waals surface area (Å²) in [5.41, 5.74) is 3.69. The highest BCUT2D eigenvalue weighted by molar-refractivity contribution is 5.82. The minimum Gasteiger partial charge on any atom is -0.464 e. The summed E-state index contributed by atoms with van der Waals surface area (Å²) < 4.78 is 67.8. The van der Waals surface area contributed by atoms with Crippen LogP contribution in [0.1, 0.15) is 37.3 Å². The molecule has 0 saturated heterocycles. The van der Waals surface area contributed by atoms with Crippen molar-refractivity contribution in [2.75, 3.05) is 6.61 Å². The lowest BCUT2D eigenvalue weighted by Gasteiger charge is -2.30. The number of ether oxygens (including phenoxy) is 1. The van der Waals surface area contributed by atoms with Crippen molar-refractivity contribution in [3.63, 3.8) is 0 Å². The lowest BCUT2D eigenvalue weighted by Crippen LogP contribution is -2.63. The van der Waals surface area contributed by atoms with Crippen molar-refractivity contribution < 1.29 is 36.6 Å². The number of carbonyl (C=O) groups is 1. The predicted octanol–water partition coefficient (Wildman–Crippen LogP) is 3.95. The van der Waals surface area contributed by atoms with Crippen molar-refractivity contribution >= 4 is 5.97 Å². The molecular weight excluding hydrogens is 397 g/mol. The number of nitrogens with two attached hydrogens (primary N) is 1. The minimum absolute atomic E-state index is 0.131. The molecule has 164 valence electrons. The maximum Gasteiger partial charge on any atom is 0.393 e. The Morgan fingerprint density at radius 2 is 1.69 bits per heavy atom. The third kappa shape index (κ3) is 8.10. The zero-order valence-corrected chi connectivity index (χ0v) is 16.1. The maximum atomic E-state index is 13.2. The van der Waals surface area contributed by atoms with E-state index in [0.717, 1.165) is 5.56 Å². The van der Waals surface area contributed by atoms with Gasteiger partial charge in [0.1, 0.15) is 0 Å². The number of halogens is 5. The van der Waals surface area contributed by atoms with Crippen LogP contribution in [0, 0.1) is 0 Å². The van der Waals surface area contributed by atoms with E-state index in [-0.39, 0.29) is 25.0 Å². The Morgan fingerprint density at radius 3 is 2.21 bits per heavy atom. The van der Waals surface area contributed by atoms with Crippen molar-refractivity contribution in [1.29, 1.82) is 0 Å². The normalized spacial score (nSPS) is 15.5. The molecular formula is C20H26F5NO3. The Bertz CT molecular complexity index is 661. The molecule has 29 heavy (non-hydrogen) atoms. The molecule has 0 fully saturated rings. The summed E-state index contributed by atoms with van der Waals surface area (Å²) in [6.45, 7) is 1.32. The fourth-order valence-corrected chi connectivity index (χ4v) is 2.66. The standard InChI is InChI=1S/C20H26F5NO3/c1-2-29-18(28)20(26,17(21)22)16(27)8-6-4-3-5-7-14-9-11-15(12-10-14)13-19(23,24)25/h3-4,9-12,16-17,27H,2,5-8,13,26H2,1H3/b4-3+. The van der Waals surface area contributed by atoms with E-state index >= 15 is 0 Å². The molecule has 0 radical (unpaired) electrons. The molecule has 0 aliphatic rings. The number of hydrogen-bond donors (Lipinski definition) is 2. The summed E-state index contributed by atoms with van der Waals surface area (Å²) in [5.74, 6) is -1.35. The minimum atomic E-state index is -4.24. The molecule has 4 nitrogen and oxygen atoms in total. The fourth-order valence-electron chi connectivity index (χ4n) is 2.66. The molecule has 2 atom stereocenters. The first kappa shape index (κ1) is 25.0. The van der Waals surface area contributed by atoms with Crippen LogP contribution in [-0.4, -0.2) is 41.9 Å². The van der Waals surface area contributed by atoms with Crippen molar-refractivity contribution in [2.45, 2.75) is 63.3 Å². The lowest BCUT2D eigenvalue weighted by atomic mass is 9.90. The number of alkyl halides is 5. The number of aryl methyl sites for hydroxylation is 1. The van der Waals surface area contributed by atoms with Gasteiger partial charge in [0.15, 0.2) is 0 Å². The summed E-state index contributed by atoms with van der Waals surface area (Å²) in [6.07, 6.45) is -5.59. The molecule has 1 aromatic rings. The van der Waals surface area contributed by atoms with E-state index in [1.807, 2.05) is 0 Å². The van der Waals surface area contributed by atoms with Crippen LogP contribution in [0.2, 0.25) is 0 Å². The number of aliphatic hydroxyl groups is 1. The quantitative estimate of drug-likeness (QED) is 0.321. The average molecular weight is 423 g/mol. The van der Waals surface area contributed by atoms with Crippen molar-refractivity contribution in [3.8, 4) is 0 Å². The van der Waals surface area contributed by atoms with Crippen LogP contribution in [0.3, 0.4) is 0 Å². The van der Waals surface area contributed by atoms with Gasteiger partial charge in [-0.2, -0.15) is 13.2 Å². The van der Waals surface area contributed by atoms with Crippen LogP contribution in [0.25, 0.3) is 0 Å². The largest absolute Gasteiger partial charge is 0.464 e. The third-order valence-corrected chi connectivity index (χ3v) is 4.34. The number of rotatable bonds is 11. The van der Waals surface area contributed by atoms with Crippen LogP contribution in [-0.2, 0) is 22.4 Å². The predicted molar refractivity (Wildman–Crippen MR) is 98.5 cm³/mol. The van der Waals surface area contributed by atoms with Crippen LogP contribution >= 0.6 is 0 Å². The van der Waals surface area contributed by atoms with Gasteiger partial charge in [-0.05, 0) is 43.7 Å². The molecule has 0 aliphatic carbocycles. The van der Waals surface area contributed by atoms with Gasteiger partial charge < -0.3 is 15.6 Å². The second-order valence-corrected chi connectivity index (χ2v) is 6.67. The first-order valence-corrected chi connectivity index (χ1v) is 9.22. The average Bonchev–Trinajstić information content (AvgIpc) is 2.63. The van der Waals surface area contributed by atoms with Gasteiger partial charge >= 0.3 is 12.1 Å². The highest BCUT2D eigenvalue weighted by atomic mass is 19.4. The first-order valence-electron chi connectivity index (χ1n) is 9.22. The molecule has 0 amide bonds. The van der Waals surface area contributed by atoms with Gasteiger partial charge in [-0.1, -0.05) is 36.4 Å². The van der Waals surface area contributed by atoms with Crippen LogP contribution < -0.4 is 5.73 Å². The molecule has 0 heterocycles. The monoisotopic (exact) mass is 423 g/mol. The van der Waals surface area contributed by atoms with E-state index in [2.05, 4.69) is 4.74 Å². The molecule has 0 spiro atoms. The summed E-state index contributed by atoms with van der Waals surface area (Å²) in [5, 5.41) is 9.96. The summed E-state index contributed by atoms with van der Waals surface area (Å²) in [7, 11) is 0. The van der Waals surface area contributed by atoms with Gasteiger partial charge in [0.2, 0.25) is 5.54 Å². The Labute approximate surface area is 166 Å². The van der Waals surface area contributed by atoms with Crippen LogP contribution in [0.15, 0.2) is 36.4 Å². The molecule has 0 aromatic heterocycles. The zero-order chi connectivity index (χ0) is 22.1. The van der Waals surface area contributed by atoms with Crippen molar-refractivity contribution in [1.82, 2.24) is 0 Å². The van der Waals surface area contributed by atoms with Gasteiger partial charge in [0.25, 0.3) is 6.43 Å². The van der Waals surface area contributed by atoms with E-state index in [1.165, 1.54) is 19.1 Å². The maximum absolute atomic E-state index is 13.2. The van der Waals surface area contributed by atoms with E-state index in [9.17, 15) is 31.9 Å². The fraction of sp³-hybridized carbons (Fsp3) is 0.550. The molecule has 0 bridgehead atoms. The number of benzene rings is 1. The number of carbonyl (C=O) groups excluding carboxylic acids is 1. The first-order chi connectivity index (χ1) is 13.5. The van der Waals surface area contributed by atoms with E-state index in [0.29, 0.717) is 12.8 Å². The highest BCUT2D eigenvalue weighted by Crippen LogP contribution is 2.23. The molecule has 1 rings (SSSR count). The Morgan fingerprint density at radius 1 is 1.14 bits per heavy atom. The molecule has 1 aromatic carbocycles. The van der Waals surface area contributed by atoms with E-state index in [1.54, 1.807) is 24.3 Å². The van der Waals surface area contributed by atoms with E-state index < -0.39 is 36.6 Å². The zero-order valence-electron chi connectivity index (χ0n) is 16.1. The second kappa shape index (κ2) is 11.3. The third-order valence-electron chi connectivity index (χ3n) is 4.34. The Hall–Kier alpha value is -2.00. The highest BCUT2D eigenvalue weighted by Gasteiger charge is 2.50. The number of allylic oxidation sites excluding steroid dienone is 2. The van der Waals surface area contributed by atoms with Gasteiger partial charge in [-0.15, -0.1) is 0 Å². The summed E-state index contributed by atoms with van der Waals surface area (Å²) in [4.78, 5) is 11.7. The SMILES string of the molecule is CCOC(=O)C(N)(C(F)F)C(O)CC/C=C/CCc1ccc(CC(F)(F)F)cc1. The molecule has 9 heteroatoms. The van der Waals surface area contributed by atoms with Gasteiger partial charge in [-0.25, -0.2) is 13.6 Å². The molecule has 0 aliphatic heterocycles. The number of aliphatic hydroxyl groups excluding tert-OH is 1. The Balaban J connectivity index is 2.45. The summed E-state index contributed by atoms with van der Waals surface area (Å²) in [6, 6.07) is 6.12. The van der Waals surface area contributed by atoms with Gasteiger partial charge in [0.05, 0.1) is 19.1 Å². The molecule has 3 N–H and O–H groups in total. The lowest BCUT2D eigenvalue weighted by molar-refractivity contribution is -0.164. The smallest absolute Gasteiger partial charge is 0.393 e. The van der Waals surface area contributed by atoms with Crippen molar-refractivity contribution in [2.24, 2.45) is 5.73 Å². The van der Waals surface area contributed by atoms with Gasteiger partial charge in [0, 0.05) is 0 Å². The topological polar surface area (TPSA) is 72.5 Å². The molecule has 0 saturated carbocycles. The number of hydrogen-bond acceptors (Lipinski definition) is 4. The second-order valence-electron chi connectivity index (χ2n) is 6.67. The number of esters is 1.